The highest BCUT2D eigenvalue weighted by Gasteiger charge is 2.16. The zero-order chi connectivity index (χ0) is 10.4. The fourth-order valence-electron chi connectivity index (χ4n) is 1.53. The first-order valence-electron chi connectivity index (χ1n) is 4.90. The Morgan fingerprint density at radius 1 is 1.64 bits per heavy atom. The number of amides is 1. The summed E-state index contributed by atoms with van der Waals surface area (Å²) in [5, 5.41) is 14.3. The van der Waals surface area contributed by atoms with Crippen molar-refractivity contribution >= 4 is 11.9 Å². The van der Waals surface area contributed by atoms with Crippen molar-refractivity contribution in [3.8, 4) is 0 Å². The molecule has 1 aliphatic rings. The zero-order valence-corrected chi connectivity index (χ0v) is 8.08. The number of nitrogens with one attached hydrogen (secondary N) is 2. The Hall–Kier alpha value is -1.10. The molecule has 3 N–H and O–H groups in total. The minimum Gasteiger partial charge on any atom is -0.481 e. The standard InChI is InChI=1S/C9H16N2O3/c12-8-6-7(2-1-4-11-8)10-5-3-9(13)14/h7,10H,1-6H2,(H,11,12)(H,13,14). The third-order valence-electron chi connectivity index (χ3n) is 2.26. The van der Waals surface area contributed by atoms with Crippen LogP contribution in [0.1, 0.15) is 25.7 Å². The van der Waals surface area contributed by atoms with E-state index in [0.29, 0.717) is 13.0 Å². The van der Waals surface area contributed by atoms with Crippen LogP contribution in [0, 0.1) is 0 Å². The van der Waals surface area contributed by atoms with Crippen molar-refractivity contribution in [2.75, 3.05) is 13.1 Å². The number of carbonyl (C=O) groups is 2. The molecule has 0 aromatic rings. The van der Waals surface area contributed by atoms with Gasteiger partial charge < -0.3 is 15.7 Å². The first-order valence-corrected chi connectivity index (χ1v) is 4.90. The summed E-state index contributed by atoms with van der Waals surface area (Å²) in [5.41, 5.74) is 0. The van der Waals surface area contributed by atoms with E-state index in [1.165, 1.54) is 0 Å². The summed E-state index contributed by atoms with van der Waals surface area (Å²) in [5.74, 6) is -0.758. The Morgan fingerprint density at radius 3 is 3.14 bits per heavy atom. The summed E-state index contributed by atoms with van der Waals surface area (Å²) in [6.07, 6.45) is 2.45. The second kappa shape index (κ2) is 5.59. The Kier molecular flexibility index (Phi) is 4.39. The Bertz CT molecular complexity index is 218. The van der Waals surface area contributed by atoms with E-state index in [1.807, 2.05) is 0 Å². The van der Waals surface area contributed by atoms with Gasteiger partial charge in [-0.2, -0.15) is 0 Å². The highest BCUT2D eigenvalue weighted by atomic mass is 16.4. The van der Waals surface area contributed by atoms with E-state index >= 15 is 0 Å². The van der Waals surface area contributed by atoms with Crippen LogP contribution in [-0.4, -0.2) is 36.1 Å². The number of hydrogen-bond acceptors (Lipinski definition) is 3. The summed E-state index contributed by atoms with van der Waals surface area (Å²) in [6.45, 7) is 1.17. The summed E-state index contributed by atoms with van der Waals surface area (Å²) >= 11 is 0. The van der Waals surface area contributed by atoms with Crippen LogP contribution in [0.4, 0.5) is 0 Å². The van der Waals surface area contributed by atoms with E-state index in [1.54, 1.807) is 0 Å². The molecule has 1 fully saturated rings. The number of rotatable bonds is 4. The minimum absolute atomic E-state index is 0.0512. The minimum atomic E-state index is -0.810. The molecule has 5 heteroatoms. The molecule has 0 saturated carbocycles. The van der Waals surface area contributed by atoms with E-state index in [-0.39, 0.29) is 18.4 Å². The molecule has 1 unspecified atom stereocenters. The number of aliphatic carboxylic acids is 1. The van der Waals surface area contributed by atoms with Gasteiger partial charge in [0.1, 0.15) is 0 Å². The van der Waals surface area contributed by atoms with Crippen LogP contribution in [0.15, 0.2) is 0 Å². The molecule has 1 saturated heterocycles. The van der Waals surface area contributed by atoms with Gasteiger partial charge in [0.2, 0.25) is 5.91 Å². The first-order chi connectivity index (χ1) is 6.68. The average molecular weight is 200 g/mol. The summed E-state index contributed by atoms with van der Waals surface area (Å²) in [4.78, 5) is 21.4. The van der Waals surface area contributed by atoms with Crippen LogP contribution in [0.3, 0.4) is 0 Å². The lowest BCUT2D eigenvalue weighted by molar-refractivity contribution is -0.136. The Labute approximate surface area is 82.9 Å². The molecule has 1 rings (SSSR count). The van der Waals surface area contributed by atoms with E-state index in [0.717, 1.165) is 19.4 Å². The monoisotopic (exact) mass is 200 g/mol. The normalized spacial score (nSPS) is 22.6. The van der Waals surface area contributed by atoms with Gasteiger partial charge in [-0.05, 0) is 12.8 Å². The van der Waals surface area contributed by atoms with Crippen molar-refractivity contribution in [2.24, 2.45) is 0 Å². The van der Waals surface area contributed by atoms with Crippen LogP contribution < -0.4 is 10.6 Å². The fourth-order valence-corrected chi connectivity index (χ4v) is 1.53. The molecule has 14 heavy (non-hydrogen) atoms. The molecular formula is C9H16N2O3. The van der Waals surface area contributed by atoms with Gasteiger partial charge >= 0.3 is 5.97 Å². The molecule has 0 radical (unpaired) electrons. The largest absolute Gasteiger partial charge is 0.481 e. The molecule has 80 valence electrons. The van der Waals surface area contributed by atoms with E-state index < -0.39 is 5.97 Å². The molecule has 0 aliphatic carbocycles. The van der Waals surface area contributed by atoms with Gasteiger partial charge in [0.05, 0.1) is 6.42 Å². The molecule has 1 atom stereocenters. The average Bonchev–Trinajstić information content (AvgIpc) is 2.29. The number of carboxylic acids is 1. The lowest BCUT2D eigenvalue weighted by Gasteiger charge is -2.13. The van der Waals surface area contributed by atoms with Gasteiger partial charge in [0.15, 0.2) is 0 Å². The lowest BCUT2D eigenvalue weighted by atomic mass is 10.1. The van der Waals surface area contributed by atoms with Crippen molar-refractivity contribution in [3.05, 3.63) is 0 Å². The fraction of sp³-hybridized carbons (Fsp3) is 0.778. The first kappa shape index (κ1) is 11.0. The molecule has 1 aliphatic heterocycles. The van der Waals surface area contributed by atoms with Crippen molar-refractivity contribution < 1.29 is 14.7 Å². The van der Waals surface area contributed by atoms with Crippen molar-refractivity contribution in [1.29, 1.82) is 0 Å². The van der Waals surface area contributed by atoms with Crippen molar-refractivity contribution in [2.45, 2.75) is 31.7 Å². The molecular weight excluding hydrogens is 184 g/mol. The molecule has 0 aromatic carbocycles. The maximum atomic E-state index is 11.1. The predicted molar refractivity (Wildman–Crippen MR) is 50.9 cm³/mol. The van der Waals surface area contributed by atoms with Crippen LogP contribution in [0.2, 0.25) is 0 Å². The van der Waals surface area contributed by atoms with E-state index in [4.69, 9.17) is 5.11 Å². The van der Waals surface area contributed by atoms with Crippen LogP contribution in [0.25, 0.3) is 0 Å². The third-order valence-corrected chi connectivity index (χ3v) is 2.26. The van der Waals surface area contributed by atoms with Gasteiger partial charge in [-0.15, -0.1) is 0 Å². The van der Waals surface area contributed by atoms with E-state index in [9.17, 15) is 9.59 Å². The second-order valence-electron chi connectivity index (χ2n) is 3.49. The van der Waals surface area contributed by atoms with Gasteiger partial charge in [-0.25, -0.2) is 0 Å². The molecule has 0 aromatic heterocycles. The lowest BCUT2D eigenvalue weighted by Crippen LogP contribution is -2.33. The maximum Gasteiger partial charge on any atom is 0.304 e. The quantitative estimate of drug-likeness (QED) is 0.583. The molecule has 0 bridgehead atoms. The summed E-state index contributed by atoms with van der Waals surface area (Å²) in [6, 6.07) is 0.136. The number of carboxylic acid groups (broad SMARTS) is 1. The Balaban J connectivity index is 2.21. The topological polar surface area (TPSA) is 78.4 Å². The van der Waals surface area contributed by atoms with Gasteiger partial charge in [-0.3, -0.25) is 9.59 Å². The second-order valence-corrected chi connectivity index (χ2v) is 3.49. The van der Waals surface area contributed by atoms with Gasteiger partial charge in [0, 0.05) is 25.6 Å². The van der Waals surface area contributed by atoms with Crippen LogP contribution >= 0.6 is 0 Å². The maximum absolute atomic E-state index is 11.1. The van der Waals surface area contributed by atoms with Crippen LogP contribution in [0.5, 0.6) is 0 Å². The zero-order valence-electron chi connectivity index (χ0n) is 8.08. The molecule has 0 spiro atoms. The SMILES string of the molecule is O=C(O)CCNC1CCCNC(=O)C1. The van der Waals surface area contributed by atoms with Crippen molar-refractivity contribution in [3.63, 3.8) is 0 Å². The molecule has 5 nitrogen and oxygen atoms in total. The van der Waals surface area contributed by atoms with E-state index in [2.05, 4.69) is 10.6 Å². The predicted octanol–water partition coefficient (Wildman–Crippen LogP) is -0.281. The molecule has 1 amide bonds. The van der Waals surface area contributed by atoms with Gasteiger partial charge in [-0.1, -0.05) is 0 Å². The van der Waals surface area contributed by atoms with Crippen LogP contribution in [-0.2, 0) is 9.59 Å². The van der Waals surface area contributed by atoms with Crippen molar-refractivity contribution in [1.82, 2.24) is 10.6 Å². The smallest absolute Gasteiger partial charge is 0.304 e. The number of hydrogen-bond donors (Lipinski definition) is 3. The molecule has 1 heterocycles. The summed E-state index contributed by atoms with van der Waals surface area (Å²) < 4.78 is 0. The Morgan fingerprint density at radius 2 is 2.43 bits per heavy atom. The third kappa shape index (κ3) is 4.23. The number of carbonyl (C=O) groups excluding carboxylic acids is 1. The van der Waals surface area contributed by atoms with Gasteiger partial charge in [0.25, 0.3) is 0 Å². The highest BCUT2D eigenvalue weighted by Crippen LogP contribution is 2.05. The highest BCUT2D eigenvalue weighted by molar-refractivity contribution is 5.76. The summed E-state index contributed by atoms with van der Waals surface area (Å²) in [7, 11) is 0.